The normalized spacial score (nSPS) is 10.7. The molecule has 0 saturated carbocycles. The topological polar surface area (TPSA) is 72.7 Å². The van der Waals surface area contributed by atoms with Gasteiger partial charge in [0.15, 0.2) is 5.82 Å². The van der Waals surface area contributed by atoms with E-state index < -0.39 is 5.56 Å². The molecule has 0 aliphatic carbocycles. The van der Waals surface area contributed by atoms with Crippen molar-refractivity contribution in [2.45, 2.75) is 0 Å². The van der Waals surface area contributed by atoms with Gasteiger partial charge in [0.2, 0.25) is 0 Å². The molecule has 0 aliphatic rings. The van der Waals surface area contributed by atoms with Crippen molar-refractivity contribution < 1.29 is 0 Å². The molecule has 4 rings (SSSR count). The van der Waals surface area contributed by atoms with Crippen LogP contribution < -0.4 is 10.9 Å². The third-order valence-corrected chi connectivity index (χ3v) is 5.01. The Hall–Kier alpha value is -2.93. The van der Waals surface area contributed by atoms with Crippen LogP contribution in [0.3, 0.4) is 0 Å². The Bertz CT molecular complexity index is 1260. The molecule has 3 aromatic heterocycles. The van der Waals surface area contributed by atoms with E-state index in [9.17, 15) is 4.79 Å². The lowest BCUT2D eigenvalue weighted by atomic mass is 10.1. The fraction of sp³-hybridized carbons (Fsp3) is 0. The van der Waals surface area contributed by atoms with Crippen LogP contribution in [0.1, 0.15) is 0 Å². The van der Waals surface area contributed by atoms with Gasteiger partial charge in [-0.2, -0.15) is 9.78 Å². The number of halogens is 3. The van der Waals surface area contributed by atoms with Crippen LogP contribution >= 0.6 is 34.8 Å². The van der Waals surface area contributed by atoms with Gasteiger partial charge < -0.3 is 5.32 Å². The van der Waals surface area contributed by atoms with E-state index in [2.05, 4.69) is 20.4 Å². The molecule has 1 N–H and O–H groups in total. The molecule has 0 fully saturated rings. The number of hydrogen-bond acceptors (Lipinski definition) is 5. The van der Waals surface area contributed by atoms with Crippen molar-refractivity contribution in [2.75, 3.05) is 5.32 Å². The maximum Gasteiger partial charge on any atom is 0.293 e. The second kappa shape index (κ2) is 8.21. The molecule has 0 spiro atoms. The Kier molecular flexibility index (Phi) is 5.49. The molecule has 144 valence electrons. The Morgan fingerprint density at radius 1 is 0.897 bits per heavy atom. The number of benzene rings is 1. The maximum atomic E-state index is 12.3. The lowest BCUT2D eigenvalue weighted by Crippen LogP contribution is -2.22. The van der Waals surface area contributed by atoms with Crippen LogP contribution in [-0.2, 0) is 0 Å². The van der Waals surface area contributed by atoms with Crippen LogP contribution in [0.2, 0.25) is 15.1 Å². The number of nitrogens with one attached hydrogen (secondary N) is 1. The van der Waals surface area contributed by atoms with Gasteiger partial charge in [-0.05, 0) is 53.6 Å². The lowest BCUT2D eigenvalue weighted by Gasteiger charge is -2.09. The molecule has 9 heteroatoms. The smallest absolute Gasteiger partial charge is 0.293 e. The number of rotatable bonds is 4. The average Bonchev–Trinajstić information content (AvgIpc) is 2.72. The molecule has 6 nitrogen and oxygen atoms in total. The maximum absolute atomic E-state index is 12.3. The highest BCUT2D eigenvalue weighted by atomic mass is 35.5. The largest absolute Gasteiger partial charge is 0.340 e. The van der Waals surface area contributed by atoms with Crippen LogP contribution in [0.15, 0.2) is 71.9 Å². The molecule has 1 aromatic carbocycles. The zero-order valence-electron chi connectivity index (χ0n) is 14.7. The minimum absolute atomic E-state index is 0.0925. The minimum atomic E-state index is -0.540. The second-order valence-corrected chi connectivity index (χ2v) is 7.21. The van der Waals surface area contributed by atoms with Gasteiger partial charge in [0.05, 0.1) is 11.2 Å². The van der Waals surface area contributed by atoms with E-state index in [4.69, 9.17) is 34.8 Å². The molecule has 3 heterocycles. The third kappa shape index (κ3) is 4.24. The standard InChI is InChI=1S/C20H12Cl3N5O/c21-14-2-1-3-15(10-14)27-17-8-12(4-6-24-17)13-5-7-25-18(9-13)28-20(29)19(23)16(22)11-26-28/h1-11H,(H,24,27). The number of anilines is 2. The summed E-state index contributed by atoms with van der Waals surface area (Å²) in [6, 6.07) is 14.6. The van der Waals surface area contributed by atoms with Crippen molar-refractivity contribution in [1.82, 2.24) is 19.7 Å². The number of aromatic nitrogens is 4. The summed E-state index contributed by atoms with van der Waals surface area (Å²) in [5.41, 5.74) is 1.98. The predicted octanol–water partition coefficient (Wildman–Crippen LogP) is 5.39. The molecular weight excluding hydrogens is 433 g/mol. The first-order valence-electron chi connectivity index (χ1n) is 8.40. The highest BCUT2D eigenvalue weighted by Gasteiger charge is 2.11. The van der Waals surface area contributed by atoms with E-state index in [1.807, 2.05) is 36.4 Å². The minimum Gasteiger partial charge on any atom is -0.340 e. The summed E-state index contributed by atoms with van der Waals surface area (Å²) in [5, 5.41) is 7.84. The quantitative estimate of drug-likeness (QED) is 0.457. The van der Waals surface area contributed by atoms with Gasteiger partial charge in [0.1, 0.15) is 10.8 Å². The molecule has 0 amide bonds. The Morgan fingerprint density at radius 2 is 1.66 bits per heavy atom. The highest BCUT2D eigenvalue weighted by molar-refractivity contribution is 6.41. The first kappa shape index (κ1) is 19.4. The average molecular weight is 445 g/mol. The van der Waals surface area contributed by atoms with Crippen LogP contribution in [-0.4, -0.2) is 19.7 Å². The summed E-state index contributed by atoms with van der Waals surface area (Å²) >= 11 is 17.8. The second-order valence-electron chi connectivity index (χ2n) is 5.99. The molecule has 0 aliphatic heterocycles. The summed E-state index contributed by atoms with van der Waals surface area (Å²) in [7, 11) is 0. The summed E-state index contributed by atoms with van der Waals surface area (Å²) < 4.78 is 1.10. The Morgan fingerprint density at radius 3 is 2.45 bits per heavy atom. The predicted molar refractivity (Wildman–Crippen MR) is 116 cm³/mol. The molecule has 0 unspecified atom stereocenters. The van der Waals surface area contributed by atoms with Crippen molar-refractivity contribution in [3.05, 3.63) is 92.5 Å². The SMILES string of the molecule is O=c1c(Cl)c(Cl)cnn1-c1cc(-c2ccnc(Nc3cccc(Cl)c3)c2)ccn1. The van der Waals surface area contributed by atoms with Gasteiger partial charge in [-0.3, -0.25) is 4.79 Å². The molecule has 0 atom stereocenters. The van der Waals surface area contributed by atoms with E-state index in [0.717, 1.165) is 21.5 Å². The van der Waals surface area contributed by atoms with Gasteiger partial charge in [0.25, 0.3) is 5.56 Å². The molecule has 0 bridgehead atoms. The molecule has 4 aromatic rings. The highest BCUT2D eigenvalue weighted by Crippen LogP contribution is 2.25. The van der Waals surface area contributed by atoms with E-state index in [-0.39, 0.29) is 10.0 Å². The summed E-state index contributed by atoms with van der Waals surface area (Å²) in [5.74, 6) is 0.972. The van der Waals surface area contributed by atoms with E-state index in [1.54, 1.807) is 24.5 Å². The Balaban J connectivity index is 1.69. The zero-order chi connectivity index (χ0) is 20.4. The van der Waals surface area contributed by atoms with Gasteiger partial charge in [-0.25, -0.2) is 9.97 Å². The summed E-state index contributed by atoms with van der Waals surface area (Å²) in [4.78, 5) is 20.9. The van der Waals surface area contributed by atoms with Crippen molar-refractivity contribution >= 4 is 46.3 Å². The van der Waals surface area contributed by atoms with Gasteiger partial charge in [0, 0.05) is 23.1 Å². The summed E-state index contributed by atoms with van der Waals surface area (Å²) in [6.45, 7) is 0. The monoisotopic (exact) mass is 443 g/mol. The van der Waals surface area contributed by atoms with Crippen molar-refractivity contribution in [3.63, 3.8) is 0 Å². The fourth-order valence-electron chi connectivity index (χ4n) is 2.68. The number of pyridine rings is 2. The van der Waals surface area contributed by atoms with Gasteiger partial charge in [-0.15, -0.1) is 0 Å². The third-order valence-electron chi connectivity index (χ3n) is 4.03. The van der Waals surface area contributed by atoms with Crippen LogP contribution in [0, 0.1) is 0 Å². The van der Waals surface area contributed by atoms with Crippen LogP contribution in [0.5, 0.6) is 0 Å². The first-order valence-corrected chi connectivity index (χ1v) is 9.53. The van der Waals surface area contributed by atoms with E-state index in [1.165, 1.54) is 6.20 Å². The molecule has 29 heavy (non-hydrogen) atoms. The molecular formula is C20H12Cl3N5O. The Labute approximate surface area is 180 Å². The lowest BCUT2D eigenvalue weighted by molar-refractivity contribution is 0.782. The first-order chi connectivity index (χ1) is 14.0. The van der Waals surface area contributed by atoms with E-state index >= 15 is 0 Å². The van der Waals surface area contributed by atoms with Gasteiger partial charge >= 0.3 is 0 Å². The van der Waals surface area contributed by atoms with Crippen molar-refractivity contribution in [1.29, 1.82) is 0 Å². The van der Waals surface area contributed by atoms with E-state index in [0.29, 0.717) is 16.7 Å². The van der Waals surface area contributed by atoms with Gasteiger partial charge in [-0.1, -0.05) is 40.9 Å². The number of hydrogen-bond donors (Lipinski definition) is 1. The van der Waals surface area contributed by atoms with Crippen LogP contribution in [0.25, 0.3) is 16.9 Å². The zero-order valence-corrected chi connectivity index (χ0v) is 16.9. The van der Waals surface area contributed by atoms with Crippen molar-refractivity contribution in [3.8, 4) is 16.9 Å². The van der Waals surface area contributed by atoms with Crippen molar-refractivity contribution in [2.24, 2.45) is 0 Å². The summed E-state index contributed by atoms with van der Waals surface area (Å²) in [6.07, 6.45) is 4.58. The fourth-order valence-corrected chi connectivity index (χ4v) is 3.13. The molecule has 0 radical (unpaired) electrons. The molecule has 0 saturated heterocycles. The number of nitrogens with zero attached hydrogens (tertiary/aromatic N) is 4. The van der Waals surface area contributed by atoms with Crippen LogP contribution in [0.4, 0.5) is 11.5 Å².